The van der Waals surface area contributed by atoms with Crippen LogP contribution in [0.2, 0.25) is 0 Å². The second-order valence-electron chi connectivity index (χ2n) is 4.47. The van der Waals surface area contributed by atoms with Crippen molar-refractivity contribution < 1.29 is 9.90 Å². The molecule has 110 valence electrons. The second-order valence-corrected chi connectivity index (χ2v) is 4.47. The number of carboxylic acid groups (broad SMARTS) is 1. The van der Waals surface area contributed by atoms with Gasteiger partial charge in [-0.25, -0.2) is 9.78 Å². The van der Waals surface area contributed by atoms with Crippen molar-refractivity contribution in [3.8, 4) is 0 Å². The molecule has 2 heterocycles. The van der Waals surface area contributed by atoms with Crippen molar-refractivity contribution >= 4 is 29.7 Å². The number of imidazole rings is 1. The monoisotopic (exact) mass is 305 g/mol. The van der Waals surface area contributed by atoms with E-state index in [9.17, 15) is 4.79 Å². The molecule has 6 heteroatoms. The fourth-order valence-electron chi connectivity index (χ4n) is 2.13. The lowest BCUT2D eigenvalue weighted by atomic mass is 10.1. The number of nitrogens with zero attached hydrogens (tertiary/aromatic N) is 2. The summed E-state index contributed by atoms with van der Waals surface area (Å²) < 4.78 is 1.73. The molecule has 0 amide bonds. The summed E-state index contributed by atoms with van der Waals surface area (Å²) in [5.74, 6) is -0.434. The van der Waals surface area contributed by atoms with Crippen LogP contribution in [0.1, 0.15) is 16.1 Å². The van der Waals surface area contributed by atoms with Gasteiger partial charge >= 0.3 is 5.97 Å². The number of rotatable bonds is 3. The van der Waals surface area contributed by atoms with Crippen LogP contribution in [0.25, 0.3) is 6.20 Å². The molecule has 0 saturated heterocycles. The zero-order valence-corrected chi connectivity index (χ0v) is 12.3. The standard InChI is InChI=1S/C14H13N3O2.CH3Cl/c18-13(19)12-9-17-8-11(7-15-14(17)16-12)6-10-4-2-1-3-5-10;1-2/h1-5,8-9H,6-7H2,(H,15,16)(H,18,19);1H3. The molecule has 0 bridgehead atoms. The number of hydrogen-bond acceptors (Lipinski definition) is 3. The molecule has 0 saturated carbocycles. The largest absolute Gasteiger partial charge is 0.476 e. The number of aromatic nitrogens is 2. The number of fused-ring (bicyclic) bond motifs is 1. The van der Waals surface area contributed by atoms with Gasteiger partial charge in [0.2, 0.25) is 5.95 Å². The van der Waals surface area contributed by atoms with Crippen molar-refractivity contribution in [2.75, 3.05) is 18.2 Å². The molecule has 0 aliphatic carbocycles. The minimum Gasteiger partial charge on any atom is -0.476 e. The van der Waals surface area contributed by atoms with E-state index in [0.717, 1.165) is 6.42 Å². The van der Waals surface area contributed by atoms with Crippen molar-refractivity contribution in [3.05, 3.63) is 53.4 Å². The van der Waals surface area contributed by atoms with Gasteiger partial charge in [-0.05, 0) is 17.6 Å². The van der Waals surface area contributed by atoms with E-state index < -0.39 is 5.97 Å². The molecule has 2 N–H and O–H groups in total. The number of alkyl halides is 1. The predicted octanol–water partition coefficient (Wildman–Crippen LogP) is 2.95. The van der Waals surface area contributed by atoms with Gasteiger partial charge in [-0.2, -0.15) is 0 Å². The van der Waals surface area contributed by atoms with Crippen LogP contribution in [0.15, 0.2) is 42.1 Å². The molecule has 3 rings (SSSR count). The van der Waals surface area contributed by atoms with Gasteiger partial charge in [0.25, 0.3) is 0 Å². The van der Waals surface area contributed by atoms with E-state index in [-0.39, 0.29) is 5.69 Å². The molecule has 1 aromatic carbocycles. The van der Waals surface area contributed by atoms with E-state index >= 15 is 0 Å². The van der Waals surface area contributed by atoms with E-state index in [1.165, 1.54) is 23.7 Å². The molecule has 21 heavy (non-hydrogen) atoms. The minimum absolute atomic E-state index is 0.0553. The Morgan fingerprint density at radius 2 is 2.10 bits per heavy atom. The molecule has 0 atom stereocenters. The molecule has 0 radical (unpaired) electrons. The molecule has 1 aromatic heterocycles. The summed E-state index contributed by atoms with van der Waals surface area (Å²) in [6, 6.07) is 10.2. The molecule has 0 fully saturated rings. The summed E-state index contributed by atoms with van der Waals surface area (Å²) in [5, 5.41) is 12.0. The lowest BCUT2D eigenvalue weighted by Gasteiger charge is -2.16. The Morgan fingerprint density at radius 3 is 2.76 bits per heavy atom. The van der Waals surface area contributed by atoms with Crippen LogP contribution in [0, 0.1) is 0 Å². The van der Waals surface area contributed by atoms with Crippen molar-refractivity contribution in [3.63, 3.8) is 0 Å². The molecule has 2 aromatic rings. The van der Waals surface area contributed by atoms with Crippen LogP contribution in [-0.2, 0) is 6.42 Å². The topological polar surface area (TPSA) is 67.1 Å². The van der Waals surface area contributed by atoms with E-state index in [0.29, 0.717) is 12.5 Å². The maximum Gasteiger partial charge on any atom is 0.356 e. The quantitative estimate of drug-likeness (QED) is 0.856. The number of nitrogens with one attached hydrogen (secondary N) is 1. The van der Waals surface area contributed by atoms with Crippen LogP contribution >= 0.6 is 11.6 Å². The van der Waals surface area contributed by atoms with Crippen LogP contribution in [0.5, 0.6) is 0 Å². The third-order valence-electron chi connectivity index (χ3n) is 3.02. The molecule has 0 spiro atoms. The summed E-state index contributed by atoms with van der Waals surface area (Å²) in [6.07, 6.45) is 5.78. The average molecular weight is 306 g/mol. The van der Waals surface area contributed by atoms with E-state index in [1.54, 1.807) is 4.57 Å². The molecule has 5 nitrogen and oxygen atoms in total. The smallest absolute Gasteiger partial charge is 0.356 e. The predicted molar refractivity (Wildman–Crippen MR) is 83.9 cm³/mol. The number of benzene rings is 1. The first kappa shape index (κ1) is 15.1. The summed E-state index contributed by atoms with van der Waals surface area (Å²) in [6.45, 7) is 0.685. The first-order valence-electron chi connectivity index (χ1n) is 6.40. The Kier molecular flexibility index (Phi) is 5.00. The summed E-state index contributed by atoms with van der Waals surface area (Å²) in [4.78, 5) is 14.9. The summed E-state index contributed by atoms with van der Waals surface area (Å²) >= 11 is 4.64. The first-order chi connectivity index (χ1) is 10.2. The number of carbonyl (C=O) groups is 1. The van der Waals surface area contributed by atoms with Crippen LogP contribution in [0.4, 0.5) is 5.95 Å². The lowest BCUT2D eigenvalue weighted by molar-refractivity contribution is 0.0691. The van der Waals surface area contributed by atoms with E-state index in [1.807, 2.05) is 24.4 Å². The van der Waals surface area contributed by atoms with Crippen molar-refractivity contribution in [2.24, 2.45) is 0 Å². The summed E-state index contributed by atoms with van der Waals surface area (Å²) in [5.41, 5.74) is 2.48. The van der Waals surface area contributed by atoms with Crippen molar-refractivity contribution in [1.82, 2.24) is 9.55 Å². The maximum absolute atomic E-state index is 10.9. The molecule has 1 aliphatic heterocycles. The minimum atomic E-state index is -1.01. The van der Waals surface area contributed by atoms with Gasteiger partial charge in [0.05, 0.1) is 0 Å². The Morgan fingerprint density at radius 1 is 1.38 bits per heavy atom. The second kappa shape index (κ2) is 6.95. The highest BCUT2D eigenvalue weighted by atomic mass is 35.5. The Balaban J connectivity index is 0.000000774. The summed E-state index contributed by atoms with van der Waals surface area (Å²) in [7, 11) is 0. The molecular weight excluding hydrogens is 290 g/mol. The number of aromatic carboxylic acids is 1. The van der Waals surface area contributed by atoms with Crippen LogP contribution in [-0.4, -0.2) is 33.6 Å². The number of anilines is 1. The highest BCUT2D eigenvalue weighted by Gasteiger charge is 2.16. The Bertz CT molecular complexity index is 650. The number of hydrogen-bond donors (Lipinski definition) is 2. The van der Waals surface area contributed by atoms with Gasteiger partial charge in [0.15, 0.2) is 5.69 Å². The fraction of sp³-hybridized carbons (Fsp3) is 0.200. The van der Waals surface area contributed by atoms with E-state index in [4.69, 9.17) is 5.11 Å². The highest BCUT2D eigenvalue weighted by Crippen LogP contribution is 2.19. The SMILES string of the molecule is CCl.O=C(O)c1cn2c(n1)NCC(Cc1ccccc1)=C2. The van der Waals surface area contributed by atoms with Crippen molar-refractivity contribution in [2.45, 2.75) is 6.42 Å². The van der Waals surface area contributed by atoms with Gasteiger partial charge in [0, 0.05) is 25.3 Å². The number of carboxylic acids is 1. The highest BCUT2D eigenvalue weighted by molar-refractivity contribution is 6.15. The number of halogens is 1. The van der Waals surface area contributed by atoms with Crippen LogP contribution < -0.4 is 5.32 Å². The van der Waals surface area contributed by atoms with E-state index in [2.05, 4.69) is 34.0 Å². The first-order valence-corrected chi connectivity index (χ1v) is 7.15. The maximum atomic E-state index is 10.9. The van der Waals surface area contributed by atoms with Gasteiger partial charge in [0.1, 0.15) is 0 Å². The third-order valence-corrected chi connectivity index (χ3v) is 3.02. The molecule has 1 aliphatic rings. The lowest BCUT2D eigenvalue weighted by Crippen LogP contribution is -2.15. The van der Waals surface area contributed by atoms with Crippen molar-refractivity contribution in [1.29, 1.82) is 0 Å². The van der Waals surface area contributed by atoms with Gasteiger partial charge in [-0.3, -0.25) is 4.57 Å². The Hall–Kier alpha value is -2.27. The van der Waals surface area contributed by atoms with Crippen LogP contribution in [0.3, 0.4) is 0 Å². The molecular formula is C15H16ClN3O2. The fourth-order valence-corrected chi connectivity index (χ4v) is 2.13. The van der Waals surface area contributed by atoms with Gasteiger partial charge in [-0.1, -0.05) is 30.3 Å². The molecule has 0 unspecified atom stereocenters. The zero-order chi connectivity index (χ0) is 15.2. The zero-order valence-electron chi connectivity index (χ0n) is 11.6. The third kappa shape index (κ3) is 3.64. The van der Waals surface area contributed by atoms with Gasteiger partial charge < -0.3 is 10.4 Å². The average Bonchev–Trinajstić information content (AvgIpc) is 2.94. The Labute approximate surface area is 127 Å². The van der Waals surface area contributed by atoms with Gasteiger partial charge in [-0.15, -0.1) is 11.6 Å². The normalized spacial score (nSPS) is 12.4.